The highest BCUT2D eigenvalue weighted by atomic mass is 79.9. The van der Waals surface area contributed by atoms with Crippen molar-refractivity contribution in [3.05, 3.63) is 55.6 Å². The molecule has 0 bridgehead atoms. The third-order valence-corrected chi connectivity index (χ3v) is 4.12. The topological polar surface area (TPSA) is 29.1 Å². The first-order valence-electron chi connectivity index (χ1n) is 4.94. The summed E-state index contributed by atoms with van der Waals surface area (Å²) in [6, 6.07) is 10.9. The van der Waals surface area contributed by atoms with Gasteiger partial charge in [0.25, 0.3) is 5.91 Å². The number of carbonyl (C=O) groups excluding carboxylic acids is 1. The Morgan fingerprint density at radius 1 is 1.29 bits per heavy atom. The van der Waals surface area contributed by atoms with Gasteiger partial charge in [-0.2, -0.15) is 0 Å². The van der Waals surface area contributed by atoms with E-state index in [1.165, 1.54) is 0 Å². The van der Waals surface area contributed by atoms with Gasteiger partial charge in [-0.05, 0) is 40.2 Å². The maximum absolute atomic E-state index is 11.8. The van der Waals surface area contributed by atoms with Crippen LogP contribution < -0.4 is 5.32 Å². The van der Waals surface area contributed by atoms with Crippen molar-refractivity contribution in [1.29, 1.82) is 0 Å². The van der Waals surface area contributed by atoms with Crippen LogP contribution in [0.2, 0.25) is 5.02 Å². The van der Waals surface area contributed by atoms with E-state index in [1.54, 1.807) is 35.6 Å². The third kappa shape index (κ3) is 3.31. The fourth-order valence-electron chi connectivity index (χ4n) is 1.35. The molecule has 1 heterocycles. The zero-order valence-electron chi connectivity index (χ0n) is 8.74. The fourth-order valence-corrected chi connectivity index (χ4v) is 3.00. The van der Waals surface area contributed by atoms with Crippen LogP contribution in [0.3, 0.4) is 0 Å². The van der Waals surface area contributed by atoms with Crippen LogP contribution >= 0.6 is 38.9 Å². The number of nitrogens with one attached hydrogen (secondary N) is 1. The maximum Gasteiger partial charge on any atom is 0.253 e. The number of thiophene rings is 1. The number of rotatable bonds is 3. The summed E-state index contributed by atoms with van der Waals surface area (Å²) in [4.78, 5) is 12.9. The number of amides is 1. The Morgan fingerprint density at radius 3 is 2.71 bits per heavy atom. The summed E-state index contributed by atoms with van der Waals surface area (Å²) < 4.78 is 1.06. The molecule has 0 unspecified atom stereocenters. The second-order valence-electron chi connectivity index (χ2n) is 3.37. The Balaban J connectivity index is 2.01. The van der Waals surface area contributed by atoms with E-state index in [4.69, 9.17) is 11.6 Å². The maximum atomic E-state index is 11.8. The summed E-state index contributed by atoms with van der Waals surface area (Å²) >= 11 is 10.9. The van der Waals surface area contributed by atoms with Crippen LogP contribution in [0.5, 0.6) is 0 Å². The zero-order chi connectivity index (χ0) is 12.3. The van der Waals surface area contributed by atoms with Gasteiger partial charge in [-0.25, -0.2) is 0 Å². The molecule has 88 valence electrons. The van der Waals surface area contributed by atoms with Gasteiger partial charge in [-0.15, -0.1) is 11.3 Å². The van der Waals surface area contributed by atoms with E-state index in [9.17, 15) is 4.79 Å². The molecule has 2 aromatic rings. The highest BCUT2D eigenvalue weighted by molar-refractivity contribution is 9.11. The van der Waals surface area contributed by atoms with Crippen molar-refractivity contribution in [2.75, 3.05) is 0 Å². The van der Waals surface area contributed by atoms with Crippen LogP contribution in [-0.4, -0.2) is 5.91 Å². The van der Waals surface area contributed by atoms with E-state index in [-0.39, 0.29) is 5.91 Å². The van der Waals surface area contributed by atoms with Crippen LogP contribution in [-0.2, 0) is 6.54 Å². The molecular formula is C12H9BrClNOS. The Hall–Kier alpha value is -0.840. The molecule has 0 atom stereocenters. The second kappa shape index (κ2) is 5.67. The number of halogens is 2. The number of hydrogen-bond acceptors (Lipinski definition) is 2. The summed E-state index contributed by atoms with van der Waals surface area (Å²) in [5.74, 6) is -0.153. The van der Waals surface area contributed by atoms with Gasteiger partial charge in [-0.1, -0.05) is 23.7 Å². The summed E-state index contributed by atoms with van der Waals surface area (Å²) in [7, 11) is 0. The smallest absolute Gasteiger partial charge is 0.253 e. The number of benzene rings is 1. The lowest BCUT2D eigenvalue weighted by Crippen LogP contribution is -2.22. The summed E-state index contributed by atoms with van der Waals surface area (Å²) in [6.45, 7) is 0.514. The molecule has 1 N–H and O–H groups in total. The first-order chi connectivity index (χ1) is 8.16. The van der Waals surface area contributed by atoms with E-state index in [1.807, 2.05) is 12.1 Å². The van der Waals surface area contributed by atoms with Crippen LogP contribution in [0.4, 0.5) is 0 Å². The second-order valence-corrected chi connectivity index (χ2v) is 6.32. The third-order valence-electron chi connectivity index (χ3n) is 2.17. The monoisotopic (exact) mass is 329 g/mol. The summed E-state index contributed by atoms with van der Waals surface area (Å²) in [6.07, 6.45) is 0. The van der Waals surface area contributed by atoms with Crippen molar-refractivity contribution in [3.63, 3.8) is 0 Å². The minimum absolute atomic E-state index is 0.153. The normalized spacial score (nSPS) is 10.2. The molecule has 0 aliphatic carbocycles. The molecule has 1 aromatic heterocycles. The van der Waals surface area contributed by atoms with E-state index in [2.05, 4.69) is 21.2 Å². The first kappa shape index (κ1) is 12.6. The zero-order valence-corrected chi connectivity index (χ0v) is 11.9. The van der Waals surface area contributed by atoms with Crippen molar-refractivity contribution < 1.29 is 4.79 Å². The van der Waals surface area contributed by atoms with Crippen LogP contribution in [0, 0.1) is 0 Å². The lowest BCUT2D eigenvalue weighted by molar-refractivity contribution is 0.0951. The molecule has 2 rings (SSSR count). The minimum atomic E-state index is -0.153. The molecule has 0 aliphatic heterocycles. The molecule has 17 heavy (non-hydrogen) atoms. The van der Waals surface area contributed by atoms with Gasteiger partial charge >= 0.3 is 0 Å². The Morgan fingerprint density at radius 2 is 2.06 bits per heavy atom. The lowest BCUT2D eigenvalue weighted by atomic mass is 10.2. The quantitative estimate of drug-likeness (QED) is 0.902. The van der Waals surface area contributed by atoms with Gasteiger partial charge < -0.3 is 5.32 Å². The lowest BCUT2D eigenvalue weighted by Gasteiger charge is -2.04. The molecule has 1 amide bonds. The molecular weight excluding hydrogens is 322 g/mol. The summed E-state index contributed by atoms with van der Waals surface area (Å²) in [5.41, 5.74) is 0.504. The van der Waals surface area contributed by atoms with E-state index in [0.717, 1.165) is 8.66 Å². The van der Waals surface area contributed by atoms with Gasteiger partial charge in [0.15, 0.2) is 0 Å². The highest BCUT2D eigenvalue weighted by Crippen LogP contribution is 2.22. The molecule has 0 spiro atoms. The molecule has 5 heteroatoms. The fraction of sp³-hybridized carbons (Fsp3) is 0.0833. The van der Waals surface area contributed by atoms with Crippen molar-refractivity contribution in [2.24, 2.45) is 0 Å². The molecule has 0 saturated carbocycles. The van der Waals surface area contributed by atoms with Gasteiger partial charge in [-0.3, -0.25) is 4.79 Å². The van der Waals surface area contributed by atoms with E-state index >= 15 is 0 Å². The average Bonchev–Trinajstić information content (AvgIpc) is 2.73. The van der Waals surface area contributed by atoms with E-state index in [0.29, 0.717) is 17.1 Å². The van der Waals surface area contributed by atoms with Crippen molar-refractivity contribution in [3.8, 4) is 0 Å². The Bertz CT molecular complexity index is 541. The van der Waals surface area contributed by atoms with Crippen molar-refractivity contribution >= 4 is 44.8 Å². The predicted octanol–water partition coefficient (Wildman–Crippen LogP) is 4.09. The van der Waals surface area contributed by atoms with Crippen molar-refractivity contribution in [1.82, 2.24) is 5.32 Å². The van der Waals surface area contributed by atoms with Crippen LogP contribution in [0.25, 0.3) is 0 Å². The molecule has 0 aliphatic rings. The standard InChI is InChI=1S/C12H9BrClNOS/c13-11-6-5-8(17-11)7-15-12(16)9-3-1-2-4-10(9)14/h1-6H,7H2,(H,15,16). The van der Waals surface area contributed by atoms with Crippen molar-refractivity contribution in [2.45, 2.75) is 6.54 Å². The van der Waals surface area contributed by atoms with Crippen LogP contribution in [0.1, 0.15) is 15.2 Å². The SMILES string of the molecule is O=C(NCc1ccc(Br)s1)c1ccccc1Cl. The van der Waals surface area contributed by atoms with Gasteiger partial charge in [0.05, 0.1) is 20.9 Å². The largest absolute Gasteiger partial charge is 0.347 e. The summed E-state index contributed by atoms with van der Waals surface area (Å²) in [5, 5.41) is 3.31. The van der Waals surface area contributed by atoms with Gasteiger partial charge in [0.2, 0.25) is 0 Å². The Labute approximate surface area is 117 Å². The first-order valence-corrected chi connectivity index (χ1v) is 6.92. The molecule has 2 nitrogen and oxygen atoms in total. The van der Waals surface area contributed by atoms with Crippen LogP contribution in [0.15, 0.2) is 40.2 Å². The van der Waals surface area contributed by atoms with E-state index < -0.39 is 0 Å². The predicted molar refractivity (Wildman–Crippen MR) is 74.6 cm³/mol. The van der Waals surface area contributed by atoms with Gasteiger partial charge in [0, 0.05) is 4.88 Å². The average molecular weight is 331 g/mol. The molecule has 0 radical (unpaired) electrons. The highest BCUT2D eigenvalue weighted by Gasteiger charge is 2.09. The number of carbonyl (C=O) groups is 1. The molecule has 0 saturated heterocycles. The van der Waals surface area contributed by atoms with Gasteiger partial charge in [0.1, 0.15) is 0 Å². The molecule has 1 aromatic carbocycles. The number of hydrogen-bond donors (Lipinski definition) is 1. The minimum Gasteiger partial charge on any atom is -0.347 e. The molecule has 0 fully saturated rings. The Kier molecular flexibility index (Phi) is 4.20.